The molecule has 7 heteroatoms. The zero-order valence-corrected chi connectivity index (χ0v) is 13.8. The van der Waals surface area contributed by atoms with E-state index in [1.807, 2.05) is 13.8 Å². The summed E-state index contributed by atoms with van der Waals surface area (Å²) in [4.78, 5) is 29.2. The number of thiazole rings is 1. The third kappa shape index (κ3) is 3.30. The first-order chi connectivity index (χ1) is 9.79. The first kappa shape index (κ1) is 15.7. The second-order valence-electron chi connectivity index (χ2n) is 4.79. The Bertz CT molecular complexity index is 672. The molecule has 0 spiro atoms. The number of carbonyl (C=O) groups is 2. The largest absolute Gasteiger partial charge is 0.476 e. The molecule has 5 nitrogen and oxygen atoms in total. The number of carboxylic acids is 1. The average Bonchev–Trinajstić information content (AvgIpc) is 2.93. The van der Waals surface area contributed by atoms with Crippen LogP contribution in [0.4, 0.5) is 5.13 Å². The van der Waals surface area contributed by atoms with Crippen molar-refractivity contribution < 1.29 is 14.7 Å². The maximum Gasteiger partial charge on any atom is 0.356 e. The smallest absolute Gasteiger partial charge is 0.356 e. The van der Waals surface area contributed by atoms with Gasteiger partial charge < -0.3 is 10.4 Å². The number of aromatic carboxylic acids is 1. The van der Waals surface area contributed by atoms with Gasteiger partial charge in [-0.2, -0.15) is 0 Å². The minimum absolute atomic E-state index is 0.00236. The van der Waals surface area contributed by atoms with Crippen LogP contribution in [0, 0.1) is 13.8 Å². The zero-order chi connectivity index (χ0) is 15.7. The van der Waals surface area contributed by atoms with Crippen LogP contribution >= 0.6 is 22.7 Å². The second-order valence-corrected chi connectivity index (χ2v) is 7.25. The number of Topliss-reactive ketones (excluding diaryl/α,β-unsaturated/α-hetero) is 1. The molecular formula is C14H16N2O3S2. The van der Waals surface area contributed by atoms with Gasteiger partial charge in [0.25, 0.3) is 0 Å². The molecule has 0 saturated carbocycles. The van der Waals surface area contributed by atoms with Crippen LogP contribution in [0.5, 0.6) is 0 Å². The first-order valence-electron chi connectivity index (χ1n) is 6.38. The van der Waals surface area contributed by atoms with Gasteiger partial charge in [0.2, 0.25) is 0 Å². The minimum Gasteiger partial charge on any atom is -0.476 e. The van der Waals surface area contributed by atoms with E-state index in [0.29, 0.717) is 5.13 Å². The predicted octanol–water partition coefficient (Wildman–Crippen LogP) is 3.90. The van der Waals surface area contributed by atoms with Crippen molar-refractivity contribution in [3.8, 4) is 0 Å². The highest BCUT2D eigenvalue weighted by atomic mass is 32.1. The lowest BCUT2D eigenvalue weighted by molar-refractivity contribution is 0.0687. The van der Waals surface area contributed by atoms with Crippen molar-refractivity contribution in [3.63, 3.8) is 0 Å². The van der Waals surface area contributed by atoms with E-state index < -0.39 is 5.97 Å². The van der Waals surface area contributed by atoms with Gasteiger partial charge in [0.15, 0.2) is 16.6 Å². The van der Waals surface area contributed by atoms with Crippen LogP contribution in [0.1, 0.15) is 55.4 Å². The number of ketones is 1. The quantitative estimate of drug-likeness (QED) is 0.816. The van der Waals surface area contributed by atoms with Gasteiger partial charge >= 0.3 is 5.97 Å². The molecule has 0 bridgehead atoms. The summed E-state index contributed by atoms with van der Waals surface area (Å²) >= 11 is 2.80. The number of carbonyl (C=O) groups excluding carboxylic acids is 1. The molecular weight excluding hydrogens is 308 g/mol. The summed E-state index contributed by atoms with van der Waals surface area (Å²) in [7, 11) is 0. The van der Waals surface area contributed by atoms with Crippen LogP contribution in [0.2, 0.25) is 0 Å². The van der Waals surface area contributed by atoms with Crippen LogP contribution in [-0.2, 0) is 0 Å². The SMILES string of the molecule is CC(=O)c1sc(NC(C)c2cc(C)sc2C)nc1C(=O)O. The van der Waals surface area contributed by atoms with Gasteiger partial charge in [-0.3, -0.25) is 4.79 Å². The molecule has 0 amide bonds. The van der Waals surface area contributed by atoms with Crippen molar-refractivity contribution in [2.75, 3.05) is 5.32 Å². The Morgan fingerprint density at radius 3 is 2.43 bits per heavy atom. The molecule has 2 rings (SSSR count). The second kappa shape index (κ2) is 5.95. The van der Waals surface area contributed by atoms with Gasteiger partial charge in [-0.05, 0) is 32.4 Å². The summed E-state index contributed by atoms with van der Waals surface area (Å²) in [5.74, 6) is -1.46. The zero-order valence-electron chi connectivity index (χ0n) is 12.2. The van der Waals surface area contributed by atoms with E-state index in [1.54, 1.807) is 11.3 Å². The van der Waals surface area contributed by atoms with Crippen molar-refractivity contribution in [1.29, 1.82) is 0 Å². The molecule has 0 aromatic carbocycles. The molecule has 21 heavy (non-hydrogen) atoms. The van der Waals surface area contributed by atoms with Crippen molar-refractivity contribution in [3.05, 3.63) is 32.0 Å². The van der Waals surface area contributed by atoms with E-state index in [-0.39, 0.29) is 22.4 Å². The normalized spacial score (nSPS) is 12.2. The average molecular weight is 324 g/mol. The Balaban J connectivity index is 2.27. The Kier molecular flexibility index (Phi) is 4.43. The number of thiophene rings is 1. The number of rotatable bonds is 5. The van der Waals surface area contributed by atoms with E-state index in [4.69, 9.17) is 5.11 Å². The van der Waals surface area contributed by atoms with Crippen LogP contribution in [0.3, 0.4) is 0 Å². The molecule has 0 radical (unpaired) electrons. The number of nitrogens with zero attached hydrogens (tertiary/aromatic N) is 1. The summed E-state index contributed by atoms with van der Waals surface area (Å²) in [6.07, 6.45) is 0. The monoisotopic (exact) mass is 324 g/mol. The van der Waals surface area contributed by atoms with Gasteiger partial charge in [0, 0.05) is 16.7 Å². The minimum atomic E-state index is -1.18. The van der Waals surface area contributed by atoms with Crippen LogP contribution in [0.25, 0.3) is 0 Å². The molecule has 1 unspecified atom stereocenters. The number of aryl methyl sites for hydroxylation is 2. The van der Waals surface area contributed by atoms with Crippen LogP contribution < -0.4 is 5.32 Å². The van der Waals surface area contributed by atoms with E-state index >= 15 is 0 Å². The van der Waals surface area contributed by atoms with Gasteiger partial charge in [0.1, 0.15) is 4.88 Å². The highest BCUT2D eigenvalue weighted by Gasteiger charge is 2.22. The highest BCUT2D eigenvalue weighted by molar-refractivity contribution is 7.17. The number of hydrogen-bond acceptors (Lipinski definition) is 6. The molecule has 2 N–H and O–H groups in total. The maximum atomic E-state index is 11.5. The van der Waals surface area contributed by atoms with E-state index in [1.165, 1.54) is 16.7 Å². The van der Waals surface area contributed by atoms with Gasteiger partial charge in [0.05, 0.1) is 6.04 Å². The van der Waals surface area contributed by atoms with E-state index in [9.17, 15) is 9.59 Å². The fraction of sp³-hybridized carbons (Fsp3) is 0.357. The summed E-state index contributed by atoms with van der Waals surface area (Å²) in [6.45, 7) is 7.44. The number of carboxylic acid groups (broad SMARTS) is 1. The fourth-order valence-electron chi connectivity index (χ4n) is 2.11. The Labute approximate surface area is 130 Å². The highest BCUT2D eigenvalue weighted by Crippen LogP contribution is 2.31. The van der Waals surface area contributed by atoms with E-state index in [0.717, 1.165) is 16.9 Å². The summed E-state index contributed by atoms with van der Waals surface area (Å²) < 4.78 is 0. The van der Waals surface area contributed by atoms with Gasteiger partial charge in [-0.15, -0.1) is 11.3 Å². The third-order valence-electron chi connectivity index (χ3n) is 3.04. The molecule has 2 heterocycles. The van der Waals surface area contributed by atoms with E-state index in [2.05, 4.69) is 23.3 Å². The number of anilines is 1. The topological polar surface area (TPSA) is 79.3 Å². The number of nitrogens with one attached hydrogen (secondary N) is 1. The first-order valence-corrected chi connectivity index (χ1v) is 8.01. The van der Waals surface area contributed by atoms with Crippen molar-refractivity contribution >= 4 is 39.6 Å². The van der Waals surface area contributed by atoms with Crippen molar-refractivity contribution in [2.45, 2.75) is 33.7 Å². The lowest BCUT2D eigenvalue weighted by atomic mass is 10.1. The third-order valence-corrected chi connectivity index (χ3v) is 5.10. The lowest BCUT2D eigenvalue weighted by Crippen LogP contribution is -2.07. The van der Waals surface area contributed by atoms with Gasteiger partial charge in [-0.25, -0.2) is 9.78 Å². The number of aromatic nitrogens is 1. The molecule has 1 atom stereocenters. The van der Waals surface area contributed by atoms with Crippen LogP contribution in [0.15, 0.2) is 6.07 Å². The standard InChI is InChI=1S/C14H16N2O3S2/c1-6-5-10(9(4)20-6)7(2)15-14-16-11(13(18)19)12(21-14)8(3)17/h5,7H,1-4H3,(H,15,16)(H,18,19). The molecule has 112 valence electrons. The molecule has 0 aliphatic carbocycles. The maximum absolute atomic E-state index is 11.5. The molecule has 0 fully saturated rings. The molecule has 0 saturated heterocycles. The summed E-state index contributed by atoms with van der Waals surface area (Å²) in [5.41, 5.74) is 0.981. The molecule has 0 aliphatic heterocycles. The molecule has 2 aromatic heterocycles. The summed E-state index contributed by atoms with van der Waals surface area (Å²) in [5, 5.41) is 12.7. The van der Waals surface area contributed by atoms with Crippen molar-refractivity contribution in [1.82, 2.24) is 4.98 Å². The summed E-state index contributed by atoms with van der Waals surface area (Å²) in [6, 6.07) is 2.11. The predicted molar refractivity (Wildman–Crippen MR) is 84.9 cm³/mol. The molecule has 0 aliphatic rings. The Morgan fingerprint density at radius 1 is 1.33 bits per heavy atom. The Morgan fingerprint density at radius 2 is 2.00 bits per heavy atom. The van der Waals surface area contributed by atoms with Gasteiger partial charge in [-0.1, -0.05) is 11.3 Å². The fourth-order valence-corrected chi connectivity index (χ4v) is 4.07. The van der Waals surface area contributed by atoms with Crippen molar-refractivity contribution in [2.24, 2.45) is 0 Å². The number of hydrogen-bond donors (Lipinski definition) is 2. The Hall–Kier alpha value is -1.73. The lowest BCUT2D eigenvalue weighted by Gasteiger charge is -2.12. The van der Waals surface area contributed by atoms with Crippen LogP contribution in [-0.4, -0.2) is 21.8 Å². The molecule has 2 aromatic rings.